The van der Waals surface area contributed by atoms with Crippen LogP contribution in [0.4, 0.5) is 0 Å². The summed E-state index contributed by atoms with van der Waals surface area (Å²) >= 11 is 1.42. The molecule has 0 saturated carbocycles. The lowest BCUT2D eigenvalue weighted by Crippen LogP contribution is -2.30. The van der Waals surface area contributed by atoms with Crippen molar-refractivity contribution in [3.05, 3.63) is 33.7 Å². The van der Waals surface area contributed by atoms with Crippen LogP contribution in [0.5, 0.6) is 0 Å². The van der Waals surface area contributed by atoms with E-state index in [1.165, 1.54) is 28.9 Å². The molecule has 108 valence electrons. The Balaban J connectivity index is 2.08. The minimum atomic E-state index is -0.237. The highest BCUT2D eigenvalue weighted by Crippen LogP contribution is 2.09. The molecule has 2 aromatic rings. The quantitative estimate of drug-likeness (QED) is 0.770. The summed E-state index contributed by atoms with van der Waals surface area (Å²) in [5.74, 6) is -0.449. The molecular formula is C13H17N3O3S. The molecule has 20 heavy (non-hydrogen) atoms. The highest BCUT2D eigenvalue weighted by Gasteiger charge is 2.16. The number of thiazole rings is 1. The Kier molecular flexibility index (Phi) is 4.51. The molecular weight excluding hydrogens is 278 g/mol. The predicted molar refractivity (Wildman–Crippen MR) is 76.9 cm³/mol. The first-order chi connectivity index (χ1) is 9.51. The maximum absolute atomic E-state index is 11.9. The van der Waals surface area contributed by atoms with Crippen LogP contribution in [-0.4, -0.2) is 41.0 Å². The maximum Gasteiger partial charge on any atom is 0.309 e. The van der Waals surface area contributed by atoms with E-state index in [1.54, 1.807) is 6.20 Å². The Labute approximate surface area is 120 Å². The first-order valence-corrected chi connectivity index (χ1v) is 7.11. The van der Waals surface area contributed by atoms with Gasteiger partial charge >= 0.3 is 5.97 Å². The highest BCUT2D eigenvalue weighted by molar-refractivity contribution is 7.15. The molecule has 0 aliphatic carbocycles. The van der Waals surface area contributed by atoms with Gasteiger partial charge in [0.1, 0.15) is 0 Å². The number of carbonyl (C=O) groups is 1. The minimum Gasteiger partial charge on any atom is -0.469 e. The fourth-order valence-corrected chi connectivity index (χ4v) is 2.79. The van der Waals surface area contributed by atoms with Crippen molar-refractivity contribution in [1.29, 1.82) is 0 Å². The topological polar surface area (TPSA) is 63.9 Å². The number of hydrogen-bond donors (Lipinski definition) is 0. The average molecular weight is 295 g/mol. The molecule has 0 radical (unpaired) electrons. The van der Waals surface area contributed by atoms with Gasteiger partial charge in [-0.05, 0) is 7.05 Å². The van der Waals surface area contributed by atoms with Gasteiger partial charge in [0.25, 0.3) is 5.56 Å². The lowest BCUT2D eigenvalue weighted by Gasteiger charge is -2.19. The number of rotatable bonds is 5. The number of hydrogen-bond acceptors (Lipinski definition) is 6. The number of methoxy groups -OCH3 is 1. The van der Waals surface area contributed by atoms with Gasteiger partial charge < -0.3 is 4.74 Å². The van der Waals surface area contributed by atoms with E-state index in [4.69, 9.17) is 4.74 Å². The zero-order valence-electron chi connectivity index (χ0n) is 11.7. The molecule has 2 aromatic heterocycles. The lowest BCUT2D eigenvalue weighted by atomic mass is 10.1. The van der Waals surface area contributed by atoms with Crippen LogP contribution in [0.15, 0.2) is 22.4 Å². The van der Waals surface area contributed by atoms with Crippen LogP contribution in [0.2, 0.25) is 0 Å². The second kappa shape index (κ2) is 6.15. The molecule has 0 spiro atoms. The summed E-state index contributed by atoms with van der Waals surface area (Å²) < 4.78 is 6.22. The number of esters is 1. The number of carbonyl (C=O) groups excluding carboxylic acids is 1. The van der Waals surface area contributed by atoms with E-state index < -0.39 is 0 Å². The second-order valence-electron chi connectivity index (χ2n) is 4.76. The zero-order valence-corrected chi connectivity index (χ0v) is 12.5. The van der Waals surface area contributed by atoms with Crippen LogP contribution in [-0.2, 0) is 16.1 Å². The second-order valence-corrected chi connectivity index (χ2v) is 5.64. The van der Waals surface area contributed by atoms with Crippen LogP contribution < -0.4 is 5.56 Å². The van der Waals surface area contributed by atoms with Gasteiger partial charge in [0.05, 0.1) is 18.7 Å². The molecule has 7 heteroatoms. The molecule has 0 aliphatic rings. The van der Waals surface area contributed by atoms with Crippen LogP contribution in [0.3, 0.4) is 0 Å². The number of nitrogens with zero attached hydrogens (tertiary/aromatic N) is 3. The van der Waals surface area contributed by atoms with E-state index in [2.05, 4.69) is 4.98 Å². The molecule has 6 nitrogen and oxygen atoms in total. The maximum atomic E-state index is 11.9. The monoisotopic (exact) mass is 295 g/mol. The molecule has 0 N–H and O–H groups in total. The number of ether oxygens (including phenoxy) is 1. The van der Waals surface area contributed by atoms with Crippen LogP contribution in [0.25, 0.3) is 4.96 Å². The van der Waals surface area contributed by atoms with Crippen molar-refractivity contribution in [1.82, 2.24) is 14.3 Å². The lowest BCUT2D eigenvalue weighted by molar-refractivity contribution is -0.145. The average Bonchev–Trinajstić information content (AvgIpc) is 2.86. The smallest absolute Gasteiger partial charge is 0.309 e. The molecule has 1 unspecified atom stereocenters. The van der Waals surface area contributed by atoms with E-state index in [0.29, 0.717) is 23.7 Å². The van der Waals surface area contributed by atoms with Crippen molar-refractivity contribution >= 4 is 22.3 Å². The van der Waals surface area contributed by atoms with Crippen molar-refractivity contribution in [2.24, 2.45) is 5.92 Å². The van der Waals surface area contributed by atoms with Gasteiger partial charge in [0, 0.05) is 30.7 Å². The summed E-state index contributed by atoms with van der Waals surface area (Å²) in [5, 5.41) is 1.83. The van der Waals surface area contributed by atoms with E-state index in [-0.39, 0.29) is 17.4 Å². The summed E-state index contributed by atoms with van der Waals surface area (Å²) in [6, 6.07) is 1.53. The summed E-state index contributed by atoms with van der Waals surface area (Å²) in [6.45, 7) is 2.89. The Bertz CT molecular complexity index is 664. The molecule has 0 aromatic carbocycles. The number of fused-ring (bicyclic) bond motifs is 1. The largest absolute Gasteiger partial charge is 0.469 e. The fraction of sp³-hybridized carbons (Fsp3) is 0.462. The molecule has 2 heterocycles. The van der Waals surface area contributed by atoms with Crippen molar-refractivity contribution in [3.8, 4) is 0 Å². The van der Waals surface area contributed by atoms with Gasteiger partial charge in [-0.1, -0.05) is 6.92 Å². The third-order valence-electron chi connectivity index (χ3n) is 2.98. The first-order valence-electron chi connectivity index (χ1n) is 6.23. The minimum absolute atomic E-state index is 0.0827. The van der Waals surface area contributed by atoms with Crippen LogP contribution in [0.1, 0.15) is 12.6 Å². The summed E-state index contributed by atoms with van der Waals surface area (Å²) in [6.07, 6.45) is 1.71. The Hall–Kier alpha value is -1.73. The fourth-order valence-electron chi connectivity index (χ4n) is 2.05. The molecule has 0 aliphatic heterocycles. The molecule has 2 rings (SSSR count). The third kappa shape index (κ3) is 3.23. The van der Waals surface area contributed by atoms with Gasteiger partial charge in [0.15, 0.2) is 4.96 Å². The van der Waals surface area contributed by atoms with Gasteiger partial charge in [0.2, 0.25) is 0 Å². The Morgan fingerprint density at radius 3 is 3.05 bits per heavy atom. The normalized spacial score (nSPS) is 12.8. The zero-order chi connectivity index (χ0) is 14.7. The van der Waals surface area contributed by atoms with E-state index in [1.807, 2.05) is 24.3 Å². The Morgan fingerprint density at radius 2 is 2.35 bits per heavy atom. The third-order valence-corrected chi connectivity index (χ3v) is 3.73. The van der Waals surface area contributed by atoms with Gasteiger partial charge in [-0.2, -0.15) is 0 Å². The summed E-state index contributed by atoms with van der Waals surface area (Å²) in [5.41, 5.74) is 0.623. The van der Waals surface area contributed by atoms with E-state index >= 15 is 0 Å². The Morgan fingerprint density at radius 1 is 1.60 bits per heavy atom. The molecule has 0 bridgehead atoms. The summed E-state index contributed by atoms with van der Waals surface area (Å²) in [4.78, 5) is 30.3. The van der Waals surface area contributed by atoms with E-state index in [0.717, 1.165) is 0 Å². The standard InChI is InChI=1S/C13H17N3O3S/c1-9(12(18)19-3)7-15(2)8-10-6-11(17)16-4-5-20-13(16)14-10/h4-6,9H,7-8H2,1-3H3. The van der Waals surface area contributed by atoms with Crippen molar-refractivity contribution in [2.75, 3.05) is 20.7 Å². The predicted octanol–water partition coefficient (Wildman–Crippen LogP) is 0.997. The van der Waals surface area contributed by atoms with Gasteiger partial charge in [-0.3, -0.25) is 18.9 Å². The molecule has 0 saturated heterocycles. The van der Waals surface area contributed by atoms with Gasteiger partial charge in [-0.25, -0.2) is 4.98 Å². The van der Waals surface area contributed by atoms with Crippen LogP contribution >= 0.6 is 11.3 Å². The SMILES string of the molecule is COC(=O)C(C)CN(C)Cc1cc(=O)n2ccsc2n1. The van der Waals surface area contributed by atoms with Crippen molar-refractivity contribution in [3.63, 3.8) is 0 Å². The molecule has 0 amide bonds. The number of aromatic nitrogens is 2. The van der Waals surface area contributed by atoms with Crippen molar-refractivity contribution in [2.45, 2.75) is 13.5 Å². The first kappa shape index (κ1) is 14.7. The highest BCUT2D eigenvalue weighted by atomic mass is 32.1. The summed E-state index contributed by atoms with van der Waals surface area (Å²) in [7, 11) is 3.27. The van der Waals surface area contributed by atoms with Gasteiger partial charge in [-0.15, -0.1) is 11.3 Å². The van der Waals surface area contributed by atoms with Crippen molar-refractivity contribution < 1.29 is 9.53 Å². The molecule has 0 fully saturated rings. The molecule has 1 atom stereocenters. The van der Waals surface area contributed by atoms with E-state index in [9.17, 15) is 9.59 Å². The van der Waals surface area contributed by atoms with Crippen LogP contribution in [0, 0.1) is 5.92 Å².